The van der Waals surface area contributed by atoms with E-state index in [1.807, 2.05) is 13.0 Å². The highest BCUT2D eigenvalue weighted by Gasteiger charge is 2.08. The van der Waals surface area contributed by atoms with E-state index in [-0.39, 0.29) is 0 Å². The molecular weight excluding hydrogens is 286 g/mol. The van der Waals surface area contributed by atoms with Crippen molar-refractivity contribution in [1.82, 2.24) is 9.97 Å². The number of rotatable bonds is 7. The van der Waals surface area contributed by atoms with Gasteiger partial charge < -0.3 is 10.1 Å². The number of anilines is 2. The summed E-state index contributed by atoms with van der Waals surface area (Å²) in [4.78, 5) is 8.83. The van der Waals surface area contributed by atoms with E-state index in [0.29, 0.717) is 18.3 Å². The molecule has 0 saturated carbocycles. The standard InChI is InChI=1S/C19H27N3O/c1-6-7-8-9-23-18-12-17(20-16(5)21-18)22-19-14(3)10-13(2)11-15(19)4/h10-12H,6-9H2,1-5H3,(H,20,21,22). The Morgan fingerprint density at radius 1 is 0.957 bits per heavy atom. The zero-order chi connectivity index (χ0) is 16.8. The van der Waals surface area contributed by atoms with Crippen LogP contribution < -0.4 is 10.1 Å². The quantitative estimate of drug-likeness (QED) is 0.729. The number of nitrogens with zero attached hydrogens (tertiary/aromatic N) is 2. The van der Waals surface area contributed by atoms with Crippen molar-refractivity contribution in [2.45, 2.75) is 53.9 Å². The summed E-state index contributed by atoms with van der Waals surface area (Å²) >= 11 is 0. The minimum atomic E-state index is 0.638. The molecule has 2 aromatic rings. The monoisotopic (exact) mass is 313 g/mol. The lowest BCUT2D eigenvalue weighted by molar-refractivity contribution is 0.294. The average Bonchev–Trinajstić information content (AvgIpc) is 2.47. The molecule has 23 heavy (non-hydrogen) atoms. The number of aryl methyl sites for hydroxylation is 4. The molecule has 0 aliphatic carbocycles. The van der Waals surface area contributed by atoms with E-state index >= 15 is 0 Å². The fourth-order valence-electron chi connectivity index (χ4n) is 2.71. The third kappa shape index (κ3) is 4.95. The summed E-state index contributed by atoms with van der Waals surface area (Å²) < 4.78 is 5.76. The molecule has 1 N–H and O–H groups in total. The second kappa shape index (κ2) is 7.95. The van der Waals surface area contributed by atoms with Crippen LogP contribution in [0.3, 0.4) is 0 Å². The third-order valence-electron chi connectivity index (χ3n) is 3.74. The van der Waals surface area contributed by atoms with Crippen LogP contribution in [0.25, 0.3) is 0 Å². The second-order valence-corrected chi connectivity index (χ2v) is 6.09. The van der Waals surface area contributed by atoms with Gasteiger partial charge in [-0.3, -0.25) is 0 Å². The van der Waals surface area contributed by atoms with Crippen LogP contribution in [0.5, 0.6) is 5.88 Å². The van der Waals surface area contributed by atoms with Crippen LogP contribution in [0.2, 0.25) is 0 Å². The van der Waals surface area contributed by atoms with E-state index in [4.69, 9.17) is 4.74 Å². The van der Waals surface area contributed by atoms with E-state index in [0.717, 1.165) is 17.9 Å². The largest absolute Gasteiger partial charge is 0.478 e. The van der Waals surface area contributed by atoms with Crippen LogP contribution in [0.4, 0.5) is 11.5 Å². The minimum absolute atomic E-state index is 0.638. The summed E-state index contributed by atoms with van der Waals surface area (Å²) in [5, 5.41) is 3.42. The molecule has 1 aromatic heterocycles. The van der Waals surface area contributed by atoms with Crippen LogP contribution in [0.1, 0.15) is 48.7 Å². The number of hydrogen-bond donors (Lipinski definition) is 1. The summed E-state index contributed by atoms with van der Waals surface area (Å²) in [5.41, 5.74) is 4.79. The lowest BCUT2D eigenvalue weighted by Crippen LogP contribution is -2.04. The number of hydrogen-bond acceptors (Lipinski definition) is 4. The van der Waals surface area contributed by atoms with Gasteiger partial charge in [-0.2, -0.15) is 4.98 Å². The zero-order valence-corrected chi connectivity index (χ0v) is 14.9. The molecule has 0 atom stereocenters. The Morgan fingerprint density at radius 3 is 2.30 bits per heavy atom. The molecule has 0 saturated heterocycles. The molecule has 0 unspecified atom stereocenters. The van der Waals surface area contributed by atoms with Crippen LogP contribution in [-0.2, 0) is 0 Å². The van der Waals surface area contributed by atoms with Gasteiger partial charge in [0, 0.05) is 11.8 Å². The van der Waals surface area contributed by atoms with E-state index in [9.17, 15) is 0 Å². The van der Waals surface area contributed by atoms with Crippen molar-refractivity contribution in [3.05, 3.63) is 40.7 Å². The molecule has 124 valence electrons. The number of nitrogens with one attached hydrogen (secondary N) is 1. The van der Waals surface area contributed by atoms with Crippen LogP contribution >= 0.6 is 0 Å². The van der Waals surface area contributed by atoms with Gasteiger partial charge in [-0.25, -0.2) is 4.98 Å². The third-order valence-corrected chi connectivity index (χ3v) is 3.74. The van der Waals surface area contributed by atoms with Gasteiger partial charge in [0.05, 0.1) is 6.61 Å². The molecule has 0 aliphatic rings. The fraction of sp³-hybridized carbons (Fsp3) is 0.474. The number of benzene rings is 1. The van der Waals surface area contributed by atoms with Gasteiger partial charge in [0.25, 0.3) is 0 Å². The Hall–Kier alpha value is -2.10. The van der Waals surface area contributed by atoms with E-state index in [2.05, 4.69) is 55.1 Å². The van der Waals surface area contributed by atoms with Crippen molar-refractivity contribution >= 4 is 11.5 Å². The van der Waals surface area contributed by atoms with Crippen LogP contribution in [0, 0.1) is 27.7 Å². The Morgan fingerprint density at radius 2 is 1.65 bits per heavy atom. The Bertz CT molecular complexity index is 645. The molecule has 0 spiro atoms. The van der Waals surface area contributed by atoms with Gasteiger partial charge in [-0.15, -0.1) is 0 Å². The molecule has 0 radical (unpaired) electrons. The molecule has 1 heterocycles. The maximum atomic E-state index is 5.76. The van der Waals surface area contributed by atoms with Crippen LogP contribution in [-0.4, -0.2) is 16.6 Å². The van der Waals surface area contributed by atoms with E-state index < -0.39 is 0 Å². The van der Waals surface area contributed by atoms with Crippen LogP contribution in [0.15, 0.2) is 18.2 Å². The lowest BCUT2D eigenvalue weighted by atomic mass is 10.1. The average molecular weight is 313 g/mol. The van der Waals surface area contributed by atoms with Gasteiger partial charge in [0.15, 0.2) is 0 Å². The molecule has 0 bridgehead atoms. The molecule has 4 nitrogen and oxygen atoms in total. The summed E-state index contributed by atoms with van der Waals surface area (Å²) in [6.45, 7) is 11.1. The van der Waals surface area contributed by atoms with Crippen molar-refractivity contribution < 1.29 is 4.74 Å². The summed E-state index contributed by atoms with van der Waals surface area (Å²) in [6.07, 6.45) is 3.42. The summed E-state index contributed by atoms with van der Waals surface area (Å²) in [6, 6.07) is 6.22. The van der Waals surface area contributed by atoms with Gasteiger partial charge >= 0.3 is 0 Å². The van der Waals surface area contributed by atoms with Crippen molar-refractivity contribution in [2.75, 3.05) is 11.9 Å². The van der Waals surface area contributed by atoms with Gasteiger partial charge in [-0.1, -0.05) is 37.5 Å². The minimum Gasteiger partial charge on any atom is -0.478 e. The van der Waals surface area contributed by atoms with E-state index in [1.165, 1.54) is 29.5 Å². The summed E-state index contributed by atoms with van der Waals surface area (Å²) in [5.74, 6) is 2.12. The first-order chi connectivity index (χ1) is 11.0. The second-order valence-electron chi connectivity index (χ2n) is 6.09. The Labute approximate surface area is 139 Å². The van der Waals surface area contributed by atoms with Crippen molar-refractivity contribution in [3.63, 3.8) is 0 Å². The van der Waals surface area contributed by atoms with Gasteiger partial charge in [0.1, 0.15) is 11.6 Å². The predicted octanol–water partition coefficient (Wildman–Crippen LogP) is 5.02. The molecule has 4 heteroatoms. The first-order valence-electron chi connectivity index (χ1n) is 8.33. The maximum absolute atomic E-state index is 5.76. The molecule has 1 aromatic carbocycles. The fourth-order valence-corrected chi connectivity index (χ4v) is 2.71. The highest BCUT2D eigenvalue weighted by atomic mass is 16.5. The predicted molar refractivity (Wildman–Crippen MR) is 95.7 cm³/mol. The zero-order valence-electron chi connectivity index (χ0n) is 14.9. The summed E-state index contributed by atoms with van der Waals surface area (Å²) in [7, 11) is 0. The van der Waals surface area contributed by atoms with Gasteiger partial charge in [-0.05, 0) is 45.2 Å². The van der Waals surface area contributed by atoms with Gasteiger partial charge in [0.2, 0.25) is 5.88 Å². The Kier molecular flexibility index (Phi) is 5.97. The molecular formula is C19H27N3O. The first kappa shape index (κ1) is 17.3. The number of aromatic nitrogens is 2. The molecule has 0 aliphatic heterocycles. The number of ether oxygens (including phenoxy) is 1. The van der Waals surface area contributed by atoms with Crippen molar-refractivity contribution in [3.8, 4) is 5.88 Å². The normalized spacial score (nSPS) is 10.7. The Balaban J connectivity index is 2.15. The van der Waals surface area contributed by atoms with Crippen molar-refractivity contribution in [1.29, 1.82) is 0 Å². The highest BCUT2D eigenvalue weighted by Crippen LogP contribution is 2.26. The lowest BCUT2D eigenvalue weighted by Gasteiger charge is -2.14. The highest BCUT2D eigenvalue weighted by molar-refractivity contribution is 5.65. The maximum Gasteiger partial charge on any atom is 0.218 e. The molecule has 2 rings (SSSR count). The number of unbranched alkanes of at least 4 members (excludes halogenated alkanes) is 2. The molecule has 0 fully saturated rings. The molecule has 0 amide bonds. The van der Waals surface area contributed by atoms with E-state index in [1.54, 1.807) is 0 Å². The van der Waals surface area contributed by atoms with Crippen molar-refractivity contribution in [2.24, 2.45) is 0 Å². The SMILES string of the molecule is CCCCCOc1cc(Nc2c(C)cc(C)cc2C)nc(C)n1. The first-order valence-corrected chi connectivity index (χ1v) is 8.33. The smallest absolute Gasteiger partial charge is 0.218 e. The topological polar surface area (TPSA) is 47.0 Å².